The number of nitrogens with one attached hydrogen (secondary N) is 1. The average Bonchev–Trinajstić information content (AvgIpc) is 2.06. The monoisotopic (exact) mass is 297 g/mol. The van der Waals surface area contributed by atoms with E-state index in [0.717, 1.165) is 5.41 Å². The number of hydrogen-bond donors (Lipinski definition) is 1. The zero-order valence-electron chi connectivity index (χ0n) is 11.2. The van der Waals surface area contributed by atoms with Gasteiger partial charge in [-0.2, -0.15) is 0 Å². The maximum absolute atomic E-state index is 11.5. The number of carbonyl (C=O) groups is 1. The van der Waals surface area contributed by atoms with Crippen LogP contribution in [-0.4, -0.2) is 26.2 Å². The largest absolute Gasteiger partial charge is 0.444 e. The first-order valence-electron chi connectivity index (χ1n) is 5.53. The lowest BCUT2D eigenvalue weighted by atomic mass is 10.1. The van der Waals surface area contributed by atoms with Gasteiger partial charge in [0.05, 0.1) is 6.04 Å². The molecule has 106 valence electrons. The fourth-order valence-corrected chi connectivity index (χ4v) is 1.59. The molecular formula is C11H20ClNO4S. The molecular weight excluding hydrogens is 278 g/mol. The third kappa shape index (κ3) is 9.30. The summed E-state index contributed by atoms with van der Waals surface area (Å²) in [5.41, 5.74) is -0.603. The summed E-state index contributed by atoms with van der Waals surface area (Å²) in [5, 5.41) is 3.43. The van der Waals surface area contributed by atoms with E-state index in [-0.39, 0.29) is 5.92 Å². The molecule has 0 bridgehead atoms. The van der Waals surface area contributed by atoms with E-state index in [1.54, 1.807) is 20.8 Å². The van der Waals surface area contributed by atoms with Gasteiger partial charge < -0.3 is 10.1 Å². The molecule has 0 saturated heterocycles. The number of ether oxygens (including phenoxy) is 1. The number of hydrogen-bond acceptors (Lipinski definition) is 4. The van der Waals surface area contributed by atoms with Gasteiger partial charge in [0.15, 0.2) is 0 Å². The van der Waals surface area contributed by atoms with Crippen LogP contribution < -0.4 is 5.32 Å². The van der Waals surface area contributed by atoms with E-state index >= 15 is 0 Å². The van der Waals surface area contributed by atoms with Crippen molar-refractivity contribution >= 4 is 25.8 Å². The van der Waals surface area contributed by atoms with Crippen LogP contribution >= 0.6 is 10.7 Å². The number of alkyl carbamates (subject to hydrolysis) is 1. The molecule has 1 N–H and O–H groups in total. The molecule has 0 rings (SSSR count). The van der Waals surface area contributed by atoms with Gasteiger partial charge in [-0.05, 0) is 32.8 Å². The summed E-state index contributed by atoms with van der Waals surface area (Å²) in [7, 11) is 1.34. The molecule has 7 heteroatoms. The summed E-state index contributed by atoms with van der Waals surface area (Å²) in [6, 6.07) is -0.464. The molecule has 1 amide bonds. The van der Waals surface area contributed by atoms with E-state index in [4.69, 9.17) is 15.4 Å². The zero-order chi connectivity index (χ0) is 14.6. The Morgan fingerprint density at radius 2 is 1.83 bits per heavy atom. The van der Waals surface area contributed by atoms with Crippen LogP contribution in [0.1, 0.15) is 34.6 Å². The summed E-state index contributed by atoms with van der Waals surface area (Å²) < 4.78 is 26.7. The van der Waals surface area contributed by atoms with Gasteiger partial charge in [0.25, 0.3) is 9.05 Å². The number of carbonyl (C=O) groups excluding carboxylic acids is 1. The fraction of sp³-hybridized carbons (Fsp3) is 0.727. The van der Waals surface area contributed by atoms with Gasteiger partial charge in [-0.25, -0.2) is 13.2 Å². The third-order valence-electron chi connectivity index (χ3n) is 1.85. The van der Waals surface area contributed by atoms with Crippen molar-refractivity contribution in [1.29, 1.82) is 0 Å². The van der Waals surface area contributed by atoms with Gasteiger partial charge >= 0.3 is 6.09 Å². The average molecular weight is 298 g/mol. The molecule has 0 heterocycles. The van der Waals surface area contributed by atoms with E-state index in [1.165, 1.54) is 6.08 Å². The van der Waals surface area contributed by atoms with Crippen molar-refractivity contribution in [2.45, 2.75) is 46.3 Å². The molecule has 0 aliphatic heterocycles. The highest BCUT2D eigenvalue weighted by Crippen LogP contribution is 2.10. The Hall–Kier alpha value is -0.750. The van der Waals surface area contributed by atoms with Crippen molar-refractivity contribution in [1.82, 2.24) is 5.32 Å². The van der Waals surface area contributed by atoms with Crippen LogP contribution in [-0.2, 0) is 13.8 Å². The van der Waals surface area contributed by atoms with E-state index in [2.05, 4.69) is 5.32 Å². The normalized spacial score (nSPS) is 14.8. The maximum Gasteiger partial charge on any atom is 0.408 e. The molecule has 0 radical (unpaired) electrons. The first kappa shape index (κ1) is 17.2. The van der Waals surface area contributed by atoms with E-state index in [1.807, 2.05) is 13.8 Å². The summed E-state index contributed by atoms with van der Waals surface area (Å²) in [5.74, 6) is 0.00665. The Labute approximate surface area is 113 Å². The van der Waals surface area contributed by atoms with Crippen molar-refractivity contribution in [3.05, 3.63) is 11.5 Å². The highest BCUT2D eigenvalue weighted by atomic mass is 35.7. The molecule has 0 aliphatic carbocycles. The quantitative estimate of drug-likeness (QED) is 0.810. The maximum atomic E-state index is 11.5. The van der Waals surface area contributed by atoms with Gasteiger partial charge in [-0.3, -0.25) is 0 Å². The summed E-state index contributed by atoms with van der Waals surface area (Å²) in [6.45, 7) is 8.92. The molecule has 0 saturated carbocycles. The predicted molar refractivity (Wildman–Crippen MR) is 71.9 cm³/mol. The zero-order valence-corrected chi connectivity index (χ0v) is 12.8. The topological polar surface area (TPSA) is 72.5 Å². The molecule has 0 fully saturated rings. The first-order chi connectivity index (χ1) is 7.91. The highest BCUT2D eigenvalue weighted by Gasteiger charge is 2.20. The second kappa shape index (κ2) is 6.43. The molecule has 5 nitrogen and oxygen atoms in total. The van der Waals surface area contributed by atoms with Crippen molar-refractivity contribution in [2.24, 2.45) is 5.92 Å². The predicted octanol–water partition coefficient (Wildman–Crippen LogP) is 2.62. The third-order valence-corrected chi connectivity index (χ3v) is 2.64. The van der Waals surface area contributed by atoms with Crippen LogP contribution in [0.2, 0.25) is 0 Å². The molecule has 18 heavy (non-hydrogen) atoms. The summed E-state index contributed by atoms with van der Waals surface area (Å²) in [4.78, 5) is 11.5. The smallest absolute Gasteiger partial charge is 0.408 e. The minimum atomic E-state index is -3.72. The second-order valence-electron chi connectivity index (χ2n) is 5.22. The summed E-state index contributed by atoms with van der Waals surface area (Å²) in [6.07, 6.45) is 0.731. The Morgan fingerprint density at radius 3 is 2.17 bits per heavy atom. The molecule has 0 spiro atoms. The van der Waals surface area contributed by atoms with Crippen molar-refractivity contribution in [2.75, 3.05) is 0 Å². The number of halogens is 1. The van der Waals surface area contributed by atoms with Crippen LogP contribution in [0.3, 0.4) is 0 Å². The first-order valence-corrected chi connectivity index (χ1v) is 7.90. The molecule has 1 atom stereocenters. The lowest BCUT2D eigenvalue weighted by Crippen LogP contribution is -2.40. The molecule has 0 aliphatic rings. The van der Waals surface area contributed by atoms with E-state index in [9.17, 15) is 13.2 Å². The standard InChI is InChI=1S/C11H20ClNO4S/c1-8(2)9(6-7-18(12,15)16)13-10(14)17-11(3,4)5/h6-9H,1-5H3,(H,13,14)/b7-6+/t9-/m0/s1. The van der Waals surface area contributed by atoms with Crippen LogP contribution in [0.25, 0.3) is 0 Å². The minimum absolute atomic E-state index is 0.00665. The van der Waals surface area contributed by atoms with Crippen molar-refractivity contribution in [3.63, 3.8) is 0 Å². The highest BCUT2D eigenvalue weighted by molar-refractivity contribution is 8.16. The Bertz CT molecular complexity index is 409. The SMILES string of the molecule is CC(C)[C@H](/C=C/S(=O)(=O)Cl)NC(=O)OC(C)(C)C. The molecule has 0 unspecified atom stereocenters. The van der Waals surface area contributed by atoms with E-state index < -0.39 is 26.8 Å². The fourth-order valence-electron chi connectivity index (χ4n) is 1.06. The number of rotatable bonds is 4. The lowest BCUT2D eigenvalue weighted by molar-refractivity contribution is 0.0504. The molecule has 0 aromatic heterocycles. The Morgan fingerprint density at radius 1 is 1.33 bits per heavy atom. The van der Waals surface area contributed by atoms with Crippen LogP contribution in [0.4, 0.5) is 4.79 Å². The molecule has 0 aromatic rings. The lowest BCUT2D eigenvalue weighted by Gasteiger charge is -2.23. The number of amides is 1. The van der Waals surface area contributed by atoms with Gasteiger partial charge in [-0.15, -0.1) is 0 Å². The van der Waals surface area contributed by atoms with Gasteiger partial charge in [0.2, 0.25) is 0 Å². The van der Waals surface area contributed by atoms with Crippen LogP contribution in [0.15, 0.2) is 11.5 Å². The minimum Gasteiger partial charge on any atom is -0.444 e. The summed E-state index contributed by atoms with van der Waals surface area (Å²) >= 11 is 0. The van der Waals surface area contributed by atoms with Gasteiger partial charge in [-0.1, -0.05) is 13.8 Å². The van der Waals surface area contributed by atoms with Crippen LogP contribution in [0.5, 0.6) is 0 Å². The van der Waals surface area contributed by atoms with Crippen molar-refractivity contribution < 1.29 is 17.9 Å². The Kier molecular flexibility index (Phi) is 6.16. The van der Waals surface area contributed by atoms with Crippen LogP contribution in [0, 0.1) is 5.92 Å². The second-order valence-corrected chi connectivity index (χ2v) is 7.73. The van der Waals surface area contributed by atoms with Crippen molar-refractivity contribution in [3.8, 4) is 0 Å². The Balaban J connectivity index is 4.66. The molecule has 0 aromatic carbocycles. The van der Waals surface area contributed by atoms with E-state index in [0.29, 0.717) is 0 Å². The van der Waals surface area contributed by atoms with Gasteiger partial charge in [0, 0.05) is 16.1 Å². The van der Waals surface area contributed by atoms with Gasteiger partial charge in [0.1, 0.15) is 5.60 Å².